The van der Waals surface area contributed by atoms with Gasteiger partial charge in [0.15, 0.2) is 0 Å². The molecule has 0 aliphatic rings. The van der Waals surface area contributed by atoms with Crippen molar-refractivity contribution in [3.05, 3.63) is 35.4 Å². The van der Waals surface area contributed by atoms with E-state index in [1.54, 1.807) is 12.1 Å². The number of benzene rings is 1. The molecule has 0 aliphatic heterocycles. The second-order valence-electron chi connectivity index (χ2n) is 3.74. The number of ether oxygens (including phenoxy) is 1. The number of likely N-dealkylation sites (N-methyl/N-ethyl adjacent to an activating group) is 1. The molecule has 90 valence electrons. The number of hydrogen-bond donors (Lipinski definition) is 0. The summed E-state index contributed by atoms with van der Waals surface area (Å²) >= 11 is 0. The van der Waals surface area contributed by atoms with Crippen LogP contribution in [0.4, 0.5) is 0 Å². The highest BCUT2D eigenvalue weighted by atomic mass is 35.5. The van der Waals surface area contributed by atoms with Gasteiger partial charge in [0.25, 0.3) is 0 Å². The van der Waals surface area contributed by atoms with Crippen LogP contribution in [-0.4, -0.2) is 38.6 Å². The van der Waals surface area contributed by atoms with Gasteiger partial charge in [-0.3, -0.25) is 0 Å². The standard InChI is InChI=1S/C12H17NO2.ClH/c1-13(2)9-8-10-4-6-11(7-5-10)12(14)15-3;/h4-7H,8-9H2,1-3H3;1H. The van der Waals surface area contributed by atoms with Crippen molar-refractivity contribution in [1.82, 2.24) is 4.90 Å². The highest BCUT2D eigenvalue weighted by Gasteiger charge is 2.03. The minimum absolute atomic E-state index is 0. The van der Waals surface area contributed by atoms with Crippen LogP contribution < -0.4 is 0 Å². The van der Waals surface area contributed by atoms with Crippen LogP contribution in [0.15, 0.2) is 24.3 Å². The molecule has 4 heteroatoms. The summed E-state index contributed by atoms with van der Waals surface area (Å²) in [6.45, 7) is 1.01. The first-order chi connectivity index (χ1) is 7.13. The normalized spacial score (nSPS) is 9.75. The first-order valence-corrected chi connectivity index (χ1v) is 4.95. The second kappa shape index (κ2) is 7.25. The molecule has 0 radical (unpaired) electrons. The molecule has 0 aliphatic carbocycles. The van der Waals surface area contributed by atoms with Crippen LogP contribution in [0, 0.1) is 0 Å². The van der Waals surface area contributed by atoms with E-state index < -0.39 is 0 Å². The average molecular weight is 244 g/mol. The van der Waals surface area contributed by atoms with Gasteiger partial charge in [-0.15, -0.1) is 12.4 Å². The van der Waals surface area contributed by atoms with Crippen molar-refractivity contribution >= 4 is 18.4 Å². The highest BCUT2D eigenvalue weighted by molar-refractivity contribution is 5.89. The molecule has 0 spiro atoms. The molecule has 1 aromatic rings. The Balaban J connectivity index is 0.00000225. The Morgan fingerprint density at radius 3 is 2.25 bits per heavy atom. The molecular formula is C12H18ClNO2. The fourth-order valence-corrected chi connectivity index (χ4v) is 1.28. The Kier molecular flexibility index (Phi) is 6.77. The Hall–Kier alpha value is -1.06. The number of rotatable bonds is 4. The average Bonchev–Trinajstić information content (AvgIpc) is 2.26. The van der Waals surface area contributed by atoms with Crippen molar-refractivity contribution in [2.45, 2.75) is 6.42 Å². The van der Waals surface area contributed by atoms with Gasteiger partial charge in [0.05, 0.1) is 12.7 Å². The van der Waals surface area contributed by atoms with E-state index in [1.807, 2.05) is 26.2 Å². The van der Waals surface area contributed by atoms with E-state index in [0.29, 0.717) is 5.56 Å². The van der Waals surface area contributed by atoms with Gasteiger partial charge in [-0.1, -0.05) is 12.1 Å². The molecule has 0 unspecified atom stereocenters. The van der Waals surface area contributed by atoms with Crippen LogP contribution in [0.1, 0.15) is 15.9 Å². The van der Waals surface area contributed by atoms with Crippen LogP contribution in [0.2, 0.25) is 0 Å². The Morgan fingerprint density at radius 1 is 1.25 bits per heavy atom. The van der Waals surface area contributed by atoms with E-state index in [2.05, 4.69) is 9.64 Å². The number of halogens is 1. The quantitative estimate of drug-likeness (QED) is 0.758. The summed E-state index contributed by atoms with van der Waals surface area (Å²) in [5.41, 5.74) is 1.84. The molecule has 0 saturated carbocycles. The monoisotopic (exact) mass is 243 g/mol. The van der Waals surface area contributed by atoms with Crippen molar-refractivity contribution in [2.24, 2.45) is 0 Å². The van der Waals surface area contributed by atoms with Crippen molar-refractivity contribution in [3.63, 3.8) is 0 Å². The van der Waals surface area contributed by atoms with E-state index >= 15 is 0 Å². The SMILES string of the molecule is COC(=O)c1ccc(CCN(C)C)cc1.Cl. The maximum absolute atomic E-state index is 11.2. The second-order valence-corrected chi connectivity index (χ2v) is 3.74. The predicted octanol–water partition coefficient (Wildman–Crippen LogP) is 2.00. The molecule has 0 atom stereocenters. The lowest BCUT2D eigenvalue weighted by Crippen LogP contribution is -2.15. The zero-order chi connectivity index (χ0) is 11.3. The summed E-state index contributed by atoms with van der Waals surface area (Å²) in [6.07, 6.45) is 0.994. The van der Waals surface area contributed by atoms with E-state index in [0.717, 1.165) is 13.0 Å². The zero-order valence-electron chi connectivity index (χ0n) is 9.90. The zero-order valence-corrected chi connectivity index (χ0v) is 10.7. The molecule has 3 nitrogen and oxygen atoms in total. The van der Waals surface area contributed by atoms with Gasteiger partial charge in [0, 0.05) is 6.54 Å². The number of nitrogens with zero attached hydrogens (tertiary/aromatic N) is 1. The summed E-state index contributed by atoms with van der Waals surface area (Å²) in [5.74, 6) is -0.283. The summed E-state index contributed by atoms with van der Waals surface area (Å²) in [6, 6.07) is 7.54. The van der Waals surface area contributed by atoms with Crippen LogP contribution >= 0.6 is 12.4 Å². The number of hydrogen-bond acceptors (Lipinski definition) is 3. The highest BCUT2D eigenvalue weighted by Crippen LogP contribution is 2.06. The first kappa shape index (κ1) is 14.9. The van der Waals surface area contributed by atoms with Crippen molar-refractivity contribution in [1.29, 1.82) is 0 Å². The third-order valence-corrected chi connectivity index (χ3v) is 2.22. The summed E-state index contributed by atoms with van der Waals surface area (Å²) in [5, 5.41) is 0. The molecule has 0 fully saturated rings. The van der Waals surface area contributed by atoms with Crippen LogP contribution in [0.3, 0.4) is 0 Å². The van der Waals surface area contributed by atoms with Crippen molar-refractivity contribution in [3.8, 4) is 0 Å². The van der Waals surface area contributed by atoms with Crippen LogP contribution in [0.25, 0.3) is 0 Å². The molecular weight excluding hydrogens is 226 g/mol. The van der Waals surface area contributed by atoms with Gasteiger partial charge in [-0.25, -0.2) is 4.79 Å². The molecule has 0 saturated heterocycles. The third kappa shape index (κ3) is 4.64. The molecule has 0 heterocycles. The van der Waals surface area contributed by atoms with Crippen molar-refractivity contribution < 1.29 is 9.53 Å². The van der Waals surface area contributed by atoms with Gasteiger partial charge in [-0.05, 0) is 38.2 Å². The third-order valence-electron chi connectivity index (χ3n) is 2.22. The van der Waals surface area contributed by atoms with Crippen LogP contribution in [0.5, 0.6) is 0 Å². The van der Waals surface area contributed by atoms with E-state index in [1.165, 1.54) is 12.7 Å². The maximum Gasteiger partial charge on any atom is 0.337 e. The molecule has 1 rings (SSSR count). The fourth-order valence-electron chi connectivity index (χ4n) is 1.28. The Bertz CT molecular complexity index is 322. The molecule has 0 amide bonds. The number of esters is 1. The molecule has 1 aromatic carbocycles. The minimum atomic E-state index is -0.283. The topological polar surface area (TPSA) is 29.5 Å². The Morgan fingerprint density at radius 2 is 1.81 bits per heavy atom. The maximum atomic E-state index is 11.2. The first-order valence-electron chi connectivity index (χ1n) is 4.95. The van der Waals surface area contributed by atoms with Gasteiger partial charge < -0.3 is 9.64 Å². The van der Waals surface area contributed by atoms with E-state index in [-0.39, 0.29) is 18.4 Å². The van der Waals surface area contributed by atoms with Gasteiger partial charge in [0.1, 0.15) is 0 Å². The summed E-state index contributed by atoms with van der Waals surface area (Å²) in [7, 11) is 5.48. The van der Waals surface area contributed by atoms with Gasteiger partial charge in [-0.2, -0.15) is 0 Å². The van der Waals surface area contributed by atoms with Crippen molar-refractivity contribution in [2.75, 3.05) is 27.7 Å². The lowest BCUT2D eigenvalue weighted by atomic mass is 10.1. The smallest absolute Gasteiger partial charge is 0.337 e. The minimum Gasteiger partial charge on any atom is -0.465 e. The number of carbonyl (C=O) groups is 1. The van der Waals surface area contributed by atoms with Gasteiger partial charge >= 0.3 is 5.97 Å². The summed E-state index contributed by atoms with van der Waals surface area (Å²) in [4.78, 5) is 13.3. The predicted molar refractivity (Wildman–Crippen MR) is 67.3 cm³/mol. The lowest BCUT2D eigenvalue weighted by Gasteiger charge is -2.09. The molecule has 0 N–H and O–H groups in total. The van der Waals surface area contributed by atoms with E-state index in [9.17, 15) is 4.79 Å². The van der Waals surface area contributed by atoms with E-state index in [4.69, 9.17) is 0 Å². The fraction of sp³-hybridized carbons (Fsp3) is 0.417. The lowest BCUT2D eigenvalue weighted by molar-refractivity contribution is 0.0600. The largest absolute Gasteiger partial charge is 0.465 e. The van der Waals surface area contributed by atoms with Gasteiger partial charge in [0.2, 0.25) is 0 Å². The molecule has 0 bridgehead atoms. The molecule has 0 aromatic heterocycles. The summed E-state index contributed by atoms with van der Waals surface area (Å²) < 4.78 is 4.63. The van der Waals surface area contributed by atoms with Crippen LogP contribution in [-0.2, 0) is 11.2 Å². The number of methoxy groups -OCH3 is 1. The Labute approximate surface area is 103 Å². The number of carbonyl (C=O) groups excluding carboxylic acids is 1. The molecule has 16 heavy (non-hydrogen) atoms.